The van der Waals surface area contributed by atoms with Crippen LogP contribution in [0.5, 0.6) is 0 Å². The maximum atomic E-state index is 2.45. The van der Waals surface area contributed by atoms with Crippen molar-refractivity contribution in [2.24, 2.45) is 0 Å². The number of hydrogen-bond donors (Lipinski definition) is 0. The van der Waals surface area contributed by atoms with E-state index in [1.165, 1.54) is 52.4 Å². The van der Waals surface area contributed by atoms with Gasteiger partial charge in [-0.25, -0.2) is 0 Å². The summed E-state index contributed by atoms with van der Waals surface area (Å²) in [4.78, 5) is 0. The SMILES string of the molecule is Ic1cc(C2=CCCC=C2)cc(C2C=CCCC2)c1. The smallest absolute Gasteiger partial charge is 0.0139 e. The Bertz CT molecular complexity index is 549. The molecule has 0 aliphatic heterocycles. The van der Waals surface area contributed by atoms with Gasteiger partial charge < -0.3 is 0 Å². The van der Waals surface area contributed by atoms with Crippen LogP contribution in [0.1, 0.15) is 49.1 Å². The summed E-state index contributed by atoms with van der Waals surface area (Å²) in [5.41, 5.74) is 4.26. The quantitative estimate of drug-likeness (QED) is 0.457. The van der Waals surface area contributed by atoms with Crippen LogP contribution in [-0.4, -0.2) is 0 Å². The Hall–Kier alpha value is -0.830. The zero-order valence-electron chi connectivity index (χ0n) is 11.1. The summed E-state index contributed by atoms with van der Waals surface area (Å²) in [5, 5.41) is 0. The van der Waals surface area contributed by atoms with Gasteiger partial charge in [-0.05, 0) is 83.5 Å². The van der Waals surface area contributed by atoms with Crippen LogP contribution in [0.2, 0.25) is 0 Å². The minimum Gasteiger partial charge on any atom is -0.0879 e. The van der Waals surface area contributed by atoms with Gasteiger partial charge in [0.25, 0.3) is 0 Å². The normalized spacial score (nSPS) is 22.4. The van der Waals surface area contributed by atoms with Gasteiger partial charge >= 0.3 is 0 Å². The van der Waals surface area contributed by atoms with Crippen molar-refractivity contribution >= 4 is 28.2 Å². The summed E-state index contributed by atoms with van der Waals surface area (Å²) >= 11 is 2.45. The van der Waals surface area contributed by atoms with E-state index in [0.717, 1.165) is 0 Å². The lowest BCUT2D eigenvalue weighted by Gasteiger charge is -2.19. The third-order valence-electron chi connectivity index (χ3n) is 3.93. The lowest BCUT2D eigenvalue weighted by atomic mass is 9.87. The predicted molar refractivity (Wildman–Crippen MR) is 91.2 cm³/mol. The summed E-state index contributed by atoms with van der Waals surface area (Å²) in [6.45, 7) is 0. The van der Waals surface area contributed by atoms with Gasteiger partial charge in [-0.15, -0.1) is 0 Å². The summed E-state index contributed by atoms with van der Waals surface area (Å²) in [6, 6.07) is 7.04. The molecular formula is C18H19I. The predicted octanol–water partition coefficient (Wildman–Crippen LogP) is 5.85. The molecule has 2 aliphatic carbocycles. The monoisotopic (exact) mass is 362 g/mol. The van der Waals surface area contributed by atoms with E-state index >= 15 is 0 Å². The summed E-state index contributed by atoms with van der Waals surface area (Å²) in [5.74, 6) is 0.621. The maximum Gasteiger partial charge on any atom is 0.0139 e. The average molecular weight is 362 g/mol. The maximum absolute atomic E-state index is 2.45. The fourth-order valence-corrected chi connectivity index (χ4v) is 3.61. The minimum atomic E-state index is 0.621. The van der Waals surface area contributed by atoms with E-state index in [0.29, 0.717) is 5.92 Å². The number of halogens is 1. The number of hydrogen-bond acceptors (Lipinski definition) is 0. The molecule has 0 heterocycles. The molecule has 1 unspecified atom stereocenters. The van der Waals surface area contributed by atoms with Crippen molar-refractivity contribution in [3.63, 3.8) is 0 Å². The van der Waals surface area contributed by atoms with E-state index < -0.39 is 0 Å². The van der Waals surface area contributed by atoms with Crippen LogP contribution in [-0.2, 0) is 0 Å². The van der Waals surface area contributed by atoms with Crippen LogP contribution < -0.4 is 0 Å². The second kappa shape index (κ2) is 6.08. The van der Waals surface area contributed by atoms with E-state index in [9.17, 15) is 0 Å². The standard InChI is InChI=1S/C18H19I/c19-18-12-16(14-7-3-1-4-8-14)11-17(13-18)15-9-5-2-6-10-15/h3,5,7-9,11-13,15H,1-2,4,6,10H2. The van der Waals surface area contributed by atoms with Gasteiger partial charge in [0.05, 0.1) is 0 Å². The Morgan fingerprint density at radius 2 is 1.95 bits per heavy atom. The van der Waals surface area contributed by atoms with Gasteiger partial charge in [0.15, 0.2) is 0 Å². The molecule has 1 aromatic rings. The lowest BCUT2D eigenvalue weighted by Crippen LogP contribution is -2.01. The third-order valence-corrected chi connectivity index (χ3v) is 4.55. The van der Waals surface area contributed by atoms with Gasteiger partial charge in [0.2, 0.25) is 0 Å². The first-order chi connectivity index (χ1) is 9.33. The highest BCUT2D eigenvalue weighted by Gasteiger charge is 2.13. The van der Waals surface area contributed by atoms with E-state index in [-0.39, 0.29) is 0 Å². The van der Waals surface area contributed by atoms with E-state index in [4.69, 9.17) is 0 Å². The average Bonchev–Trinajstić information content (AvgIpc) is 2.48. The van der Waals surface area contributed by atoms with E-state index in [2.05, 4.69) is 71.2 Å². The Morgan fingerprint density at radius 3 is 2.68 bits per heavy atom. The Balaban J connectivity index is 1.95. The van der Waals surface area contributed by atoms with Gasteiger partial charge in [-0.2, -0.15) is 0 Å². The zero-order chi connectivity index (χ0) is 13.1. The summed E-state index contributed by atoms with van der Waals surface area (Å²) in [7, 11) is 0. The van der Waals surface area contributed by atoms with Crippen molar-refractivity contribution in [2.75, 3.05) is 0 Å². The molecule has 98 valence electrons. The van der Waals surface area contributed by atoms with Gasteiger partial charge in [-0.3, -0.25) is 0 Å². The minimum absolute atomic E-state index is 0.621. The van der Waals surface area contributed by atoms with Crippen molar-refractivity contribution in [1.29, 1.82) is 0 Å². The van der Waals surface area contributed by atoms with Gasteiger partial charge in [-0.1, -0.05) is 36.4 Å². The lowest BCUT2D eigenvalue weighted by molar-refractivity contribution is 0.654. The Labute approximate surface area is 129 Å². The van der Waals surface area contributed by atoms with Crippen LogP contribution in [0, 0.1) is 3.57 Å². The molecular weight excluding hydrogens is 343 g/mol. The molecule has 0 N–H and O–H groups in total. The Morgan fingerprint density at radius 1 is 1.00 bits per heavy atom. The molecule has 1 heteroatoms. The summed E-state index contributed by atoms with van der Waals surface area (Å²) in [6.07, 6.45) is 17.9. The molecule has 0 radical (unpaired) electrons. The van der Waals surface area contributed by atoms with Gasteiger partial charge in [0, 0.05) is 9.49 Å². The first kappa shape index (κ1) is 13.2. The molecule has 1 atom stereocenters. The molecule has 1 aromatic carbocycles. The van der Waals surface area contributed by atoms with Crippen molar-refractivity contribution in [1.82, 2.24) is 0 Å². The van der Waals surface area contributed by atoms with Crippen LogP contribution in [0.15, 0.2) is 48.6 Å². The zero-order valence-corrected chi connectivity index (χ0v) is 13.3. The number of allylic oxidation sites excluding steroid dienone is 6. The molecule has 0 amide bonds. The first-order valence-electron chi connectivity index (χ1n) is 7.17. The van der Waals surface area contributed by atoms with Crippen LogP contribution in [0.3, 0.4) is 0 Å². The molecule has 0 aromatic heterocycles. The van der Waals surface area contributed by atoms with Crippen LogP contribution >= 0.6 is 22.6 Å². The van der Waals surface area contributed by atoms with Crippen molar-refractivity contribution in [3.8, 4) is 0 Å². The fraction of sp³-hybridized carbons (Fsp3) is 0.333. The molecule has 0 bridgehead atoms. The Kier molecular flexibility index (Phi) is 4.21. The number of rotatable bonds is 2. The molecule has 19 heavy (non-hydrogen) atoms. The van der Waals surface area contributed by atoms with Crippen LogP contribution in [0.4, 0.5) is 0 Å². The highest BCUT2D eigenvalue weighted by Crippen LogP contribution is 2.32. The third kappa shape index (κ3) is 3.19. The van der Waals surface area contributed by atoms with E-state index in [1.54, 1.807) is 0 Å². The molecule has 0 nitrogen and oxygen atoms in total. The molecule has 0 fully saturated rings. The highest BCUT2D eigenvalue weighted by molar-refractivity contribution is 14.1. The molecule has 0 saturated carbocycles. The second-order valence-corrected chi connectivity index (χ2v) is 6.62. The van der Waals surface area contributed by atoms with Crippen molar-refractivity contribution in [2.45, 2.75) is 38.0 Å². The van der Waals surface area contributed by atoms with Crippen molar-refractivity contribution < 1.29 is 0 Å². The van der Waals surface area contributed by atoms with Crippen LogP contribution in [0.25, 0.3) is 5.57 Å². The van der Waals surface area contributed by atoms with Crippen molar-refractivity contribution in [3.05, 3.63) is 63.3 Å². The molecule has 2 aliphatic rings. The topological polar surface area (TPSA) is 0 Å². The molecule has 0 spiro atoms. The number of benzene rings is 1. The summed E-state index contributed by atoms with van der Waals surface area (Å²) < 4.78 is 1.35. The molecule has 3 rings (SSSR count). The van der Waals surface area contributed by atoms with E-state index in [1.807, 2.05) is 0 Å². The fourth-order valence-electron chi connectivity index (χ4n) is 2.91. The second-order valence-electron chi connectivity index (χ2n) is 5.38. The largest absolute Gasteiger partial charge is 0.0879 e. The first-order valence-corrected chi connectivity index (χ1v) is 8.25. The highest BCUT2D eigenvalue weighted by atomic mass is 127. The molecule has 0 saturated heterocycles. The van der Waals surface area contributed by atoms with Gasteiger partial charge in [0.1, 0.15) is 0 Å².